The van der Waals surface area contributed by atoms with Gasteiger partial charge in [-0.3, -0.25) is 10.1 Å². The molecular formula is C19H17N3O4S2. The standard InChI is InChI=1S/C19H17N3O4S2/c1-2-20-19(25)22-16(23)15(12-7-4-3-5-8-12)26-18(24)13-11-28-17(21-13)14-9-6-10-27-14/h3-11,15H,2H2,1H3,(H2,20,22,23,25)/t15-/m1/s1. The highest BCUT2D eigenvalue weighted by Gasteiger charge is 2.28. The summed E-state index contributed by atoms with van der Waals surface area (Å²) in [7, 11) is 0. The van der Waals surface area contributed by atoms with Gasteiger partial charge >= 0.3 is 12.0 Å². The number of esters is 1. The second-order valence-corrected chi connectivity index (χ2v) is 7.37. The summed E-state index contributed by atoms with van der Waals surface area (Å²) in [5, 5.41) is 8.85. The first kappa shape index (κ1) is 19.7. The molecule has 0 aliphatic heterocycles. The Hall–Kier alpha value is -3.04. The number of thiazole rings is 1. The number of aromatic nitrogens is 1. The molecule has 0 saturated heterocycles. The van der Waals surface area contributed by atoms with Gasteiger partial charge in [-0.1, -0.05) is 36.4 Å². The molecule has 0 unspecified atom stereocenters. The van der Waals surface area contributed by atoms with E-state index in [2.05, 4.69) is 15.6 Å². The molecule has 3 rings (SSSR count). The van der Waals surface area contributed by atoms with E-state index >= 15 is 0 Å². The highest BCUT2D eigenvalue weighted by Crippen LogP contribution is 2.28. The van der Waals surface area contributed by atoms with Crippen molar-refractivity contribution >= 4 is 40.6 Å². The summed E-state index contributed by atoms with van der Waals surface area (Å²) in [6.07, 6.45) is -1.27. The summed E-state index contributed by atoms with van der Waals surface area (Å²) in [6.45, 7) is 2.09. The van der Waals surface area contributed by atoms with Crippen molar-refractivity contribution in [2.45, 2.75) is 13.0 Å². The number of ether oxygens (including phenoxy) is 1. The van der Waals surface area contributed by atoms with Crippen LogP contribution in [-0.4, -0.2) is 29.4 Å². The highest BCUT2D eigenvalue weighted by molar-refractivity contribution is 7.20. The van der Waals surface area contributed by atoms with Crippen LogP contribution in [0.3, 0.4) is 0 Å². The number of carbonyl (C=O) groups is 3. The maximum absolute atomic E-state index is 12.6. The zero-order valence-corrected chi connectivity index (χ0v) is 16.5. The smallest absolute Gasteiger partial charge is 0.358 e. The lowest BCUT2D eigenvalue weighted by Gasteiger charge is -2.17. The minimum atomic E-state index is -1.27. The van der Waals surface area contributed by atoms with E-state index in [1.807, 2.05) is 17.5 Å². The van der Waals surface area contributed by atoms with Crippen molar-refractivity contribution in [1.82, 2.24) is 15.6 Å². The minimum absolute atomic E-state index is 0.111. The van der Waals surface area contributed by atoms with Crippen molar-refractivity contribution in [2.75, 3.05) is 6.54 Å². The zero-order valence-electron chi connectivity index (χ0n) is 14.9. The molecule has 2 aromatic heterocycles. The zero-order chi connectivity index (χ0) is 19.9. The third kappa shape index (κ3) is 4.81. The van der Waals surface area contributed by atoms with Gasteiger partial charge in [0.1, 0.15) is 5.01 Å². The molecule has 0 spiro atoms. The number of rotatable bonds is 6. The van der Waals surface area contributed by atoms with E-state index in [9.17, 15) is 14.4 Å². The van der Waals surface area contributed by atoms with Crippen LogP contribution in [0.25, 0.3) is 9.88 Å². The molecule has 1 aromatic carbocycles. The van der Waals surface area contributed by atoms with Crippen LogP contribution < -0.4 is 10.6 Å². The first-order valence-electron chi connectivity index (χ1n) is 8.42. The van der Waals surface area contributed by atoms with Gasteiger partial charge in [0.2, 0.25) is 6.10 Å². The number of carbonyl (C=O) groups excluding carboxylic acids is 3. The predicted octanol–water partition coefficient (Wildman–Crippen LogP) is 3.62. The summed E-state index contributed by atoms with van der Waals surface area (Å²) in [5.41, 5.74) is 0.562. The Morgan fingerprint density at radius 1 is 1.11 bits per heavy atom. The molecule has 28 heavy (non-hydrogen) atoms. The Labute approximate surface area is 169 Å². The Morgan fingerprint density at radius 3 is 2.57 bits per heavy atom. The first-order chi connectivity index (χ1) is 13.6. The minimum Gasteiger partial charge on any atom is -0.443 e. The van der Waals surface area contributed by atoms with Crippen molar-refractivity contribution in [1.29, 1.82) is 0 Å². The van der Waals surface area contributed by atoms with Gasteiger partial charge in [-0.15, -0.1) is 22.7 Å². The summed E-state index contributed by atoms with van der Waals surface area (Å²) < 4.78 is 5.41. The van der Waals surface area contributed by atoms with Gasteiger partial charge in [0.15, 0.2) is 5.69 Å². The molecular weight excluding hydrogens is 398 g/mol. The summed E-state index contributed by atoms with van der Waals surface area (Å²) >= 11 is 2.83. The Morgan fingerprint density at radius 2 is 1.89 bits per heavy atom. The van der Waals surface area contributed by atoms with Gasteiger partial charge in [0.05, 0.1) is 4.88 Å². The van der Waals surface area contributed by atoms with E-state index in [0.717, 1.165) is 4.88 Å². The van der Waals surface area contributed by atoms with E-state index in [4.69, 9.17) is 4.74 Å². The fourth-order valence-corrected chi connectivity index (χ4v) is 3.93. The van der Waals surface area contributed by atoms with E-state index in [-0.39, 0.29) is 5.69 Å². The molecule has 3 aromatic rings. The van der Waals surface area contributed by atoms with Gasteiger partial charge < -0.3 is 10.1 Å². The molecule has 7 nitrogen and oxygen atoms in total. The largest absolute Gasteiger partial charge is 0.443 e. The predicted molar refractivity (Wildman–Crippen MR) is 107 cm³/mol. The van der Waals surface area contributed by atoms with Crippen LogP contribution in [0.15, 0.2) is 53.2 Å². The normalized spacial score (nSPS) is 11.5. The quantitative estimate of drug-likeness (QED) is 0.600. The average Bonchev–Trinajstić information content (AvgIpc) is 3.38. The molecule has 3 amide bonds. The maximum atomic E-state index is 12.6. The lowest BCUT2D eigenvalue weighted by molar-refractivity contribution is -0.129. The van der Waals surface area contributed by atoms with Crippen molar-refractivity contribution in [3.05, 3.63) is 64.5 Å². The molecule has 0 aliphatic rings. The van der Waals surface area contributed by atoms with E-state index in [1.54, 1.807) is 42.6 Å². The number of urea groups is 1. The first-order valence-corrected chi connectivity index (χ1v) is 10.2. The topological polar surface area (TPSA) is 97.4 Å². The molecule has 9 heteroatoms. The second-order valence-electron chi connectivity index (χ2n) is 5.56. The fraction of sp³-hybridized carbons (Fsp3) is 0.158. The molecule has 144 valence electrons. The van der Waals surface area contributed by atoms with Crippen LogP contribution in [0.4, 0.5) is 4.79 Å². The van der Waals surface area contributed by atoms with E-state index in [1.165, 1.54) is 22.7 Å². The number of hydrogen-bond donors (Lipinski definition) is 2. The number of nitrogens with one attached hydrogen (secondary N) is 2. The van der Waals surface area contributed by atoms with Gasteiger partial charge in [-0.05, 0) is 18.4 Å². The Bertz CT molecular complexity index is 955. The molecule has 0 aliphatic carbocycles. The van der Waals surface area contributed by atoms with Crippen molar-refractivity contribution in [3.8, 4) is 9.88 Å². The lowest BCUT2D eigenvalue weighted by atomic mass is 10.1. The average molecular weight is 415 g/mol. The molecule has 0 bridgehead atoms. The van der Waals surface area contributed by atoms with Gasteiger partial charge in [0, 0.05) is 17.5 Å². The van der Waals surface area contributed by atoms with Crippen LogP contribution in [0.1, 0.15) is 29.1 Å². The maximum Gasteiger partial charge on any atom is 0.358 e. The number of hydrogen-bond acceptors (Lipinski definition) is 7. The van der Waals surface area contributed by atoms with Crippen molar-refractivity contribution in [2.24, 2.45) is 0 Å². The number of imide groups is 1. The Balaban J connectivity index is 1.78. The molecule has 0 fully saturated rings. The van der Waals surface area contributed by atoms with E-state index < -0.39 is 24.0 Å². The number of nitrogens with zero attached hydrogens (tertiary/aromatic N) is 1. The number of amides is 3. The van der Waals surface area contributed by atoms with Gasteiger partial charge in [-0.25, -0.2) is 14.6 Å². The van der Waals surface area contributed by atoms with Crippen LogP contribution >= 0.6 is 22.7 Å². The molecule has 2 N–H and O–H groups in total. The van der Waals surface area contributed by atoms with Crippen molar-refractivity contribution < 1.29 is 19.1 Å². The second kappa shape index (κ2) is 9.25. The third-order valence-corrected chi connectivity index (χ3v) is 5.47. The molecule has 1 atom stereocenters. The van der Waals surface area contributed by atoms with Crippen LogP contribution in [0.5, 0.6) is 0 Å². The fourth-order valence-electron chi connectivity index (χ4n) is 2.33. The SMILES string of the molecule is CCNC(=O)NC(=O)[C@H](OC(=O)c1csc(-c2cccs2)n1)c1ccccc1. The Kier molecular flexibility index (Phi) is 6.51. The molecule has 2 heterocycles. The van der Waals surface area contributed by atoms with Gasteiger partial charge in [-0.2, -0.15) is 0 Å². The lowest BCUT2D eigenvalue weighted by Crippen LogP contribution is -2.42. The highest BCUT2D eigenvalue weighted by atomic mass is 32.1. The van der Waals surface area contributed by atoms with Crippen LogP contribution in [0, 0.1) is 0 Å². The van der Waals surface area contributed by atoms with Crippen LogP contribution in [-0.2, 0) is 9.53 Å². The van der Waals surface area contributed by atoms with E-state index in [0.29, 0.717) is 17.1 Å². The monoisotopic (exact) mass is 415 g/mol. The summed E-state index contributed by atoms with van der Waals surface area (Å²) in [4.78, 5) is 42.0. The number of thiophene rings is 1. The van der Waals surface area contributed by atoms with Crippen LogP contribution in [0.2, 0.25) is 0 Å². The molecule has 0 radical (unpaired) electrons. The number of benzene rings is 1. The third-order valence-electron chi connectivity index (χ3n) is 3.58. The summed E-state index contributed by atoms with van der Waals surface area (Å²) in [6, 6.07) is 11.7. The molecule has 0 saturated carbocycles. The van der Waals surface area contributed by atoms with Crippen molar-refractivity contribution in [3.63, 3.8) is 0 Å². The summed E-state index contributed by atoms with van der Waals surface area (Å²) in [5.74, 6) is -1.47. The van der Waals surface area contributed by atoms with Gasteiger partial charge in [0.25, 0.3) is 5.91 Å².